The molecule has 0 aliphatic carbocycles. The molecule has 0 aliphatic heterocycles. The summed E-state index contributed by atoms with van der Waals surface area (Å²) in [6, 6.07) is 1.26. The third-order valence-electron chi connectivity index (χ3n) is 2.05. The summed E-state index contributed by atoms with van der Waals surface area (Å²) in [7, 11) is 0. The molecular formula is C9H6F2N4O3. The highest BCUT2D eigenvalue weighted by molar-refractivity contribution is 5.62. The highest BCUT2D eigenvalue weighted by atomic mass is 19.1. The third-order valence-corrected chi connectivity index (χ3v) is 2.05. The second-order valence-corrected chi connectivity index (χ2v) is 3.24. The van der Waals surface area contributed by atoms with Crippen molar-refractivity contribution in [2.75, 3.05) is 5.32 Å². The Morgan fingerprint density at radius 2 is 2.22 bits per heavy atom. The number of aromatic nitrogens is 2. The van der Waals surface area contributed by atoms with Crippen molar-refractivity contribution in [3.05, 3.63) is 46.1 Å². The van der Waals surface area contributed by atoms with E-state index in [-0.39, 0.29) is 18.1 Å². The second-order valence-electron chi connectivity index (χ2n) is 3.24. The first-order valence-corrected chi connectivity index (χ1v) is 4.70. The number of nitro groups is 1. The Labute approximate surface area is 98.6 Å². The van der Waals surface area contributed by atoms with E-state index >= 15 is 0 Å². The smallest absolute Gasteiger partial charge is 0.327 e. The van der Waals surface area contributed by atoms with E-state index in [0.717, 1.165) is 12.5 Å². The van der Waals surface area contributed by atoms with E-state index < -0.39 is 22.2 Å². The van der Waals surface area contributed by atoms with E-state index in [1.807, 2.05) is 0 Å². The summed E-state index contributed by atoms with van der Waals surface area (Å²) < 4.78 is 30.7. The summed E-state index contributed by atoms with van der Waals surface area (Å²) in [6.07, 6.45) is 1.07. The van der Waals surface area contributed by atoms with E-state index in [0.29, 0.717) is 6.07 Å². The van der Waals surface area contributed by atoms with Crippen molar-refractivity contribution in [1.82, 2.24) is 10.1 Å². The lowest BCUT2D eigenvalue weighted by molar-refractivity contribution is -0.386. The van der Waals surface area contributed by atoms with Crippen LogP contribution in [0.5, 0.6) is 0 Å². The number of nitrogens with one attached hydrogen (secondary N) is 1. The van der Waals surface area contributed by atoms with E-state index in [9.17, 15) is 18.9 Å². The fraction of sp³-hybridized carbons (Fsp3) is 0.111. The number of hydrogen-bond donors (Lipinski definition) is 1. The van der Waals surface area contributed by atoms with Gasteiger partial charge in [-0.3, -0.25) is 10.1 Å². The van der Waals surface area contributed by atoms with Crippen molar-refractivity contribution >= 4 is 11.4 Å². The van der Waals surface area contributed by atoms with Crippen molar-refractivity contribution in [2.45, 2.75) is 6.54 Å². The molecule has 0 unspecified atom stereocenters. The Hall–Kier alpha value is -2.58. The maximum absolute atomic E-state index is 13.3. The summed E-state index contributed by atoms with van der Waals surface area (Å²) >= 11 is 0. The molecule has 1 aromatic heterocycles. The highest BCUT2D eigenvalue weighted by Crippen LogP contribution is 2.28. The number of halogens is 2. The van der Waals surface area contributed by atoms with Gasteiger partial charge in [-0.2, -0.15) is 9.37 Å². The summed E-state index contributed by atoms with van der Waals surface area (Å²) in [5.74, 6) is -1.97. The van der Waals surface area contributed by atoms with Crippen molar-refractivity contribution in [3.63, 3.8) is 0 Å². The predicted octanol–water partition coefficient (Wildman–Crippen LogP) is 1.87. The molecule has 18 heavy (non-hydrogen) atoms. The topological polar surface area (TPSA) is 94.1 Å². The first-order chi connectivity index (χ1) is 8.58. The number of nitrogens with zero attached hydrogens (tertiary/aromatic N) is 3. The Kier molecular flexibility index (Phi) is 3.13. The second kappa shape index (κ2) is 4.73. The van der Waals surface area contributed by atoms with Crippen LogP contribution in [0.25, 0.3) is 0 Å². The number of hydrogen-bond acceptors (Lipinski definition) is 6. The maximum Gasteiger partial charge on any atom is 0.327 e. The minimum absolute atomic E-state index is 0.0553. The number of nitro benzene ring substituents is 1. The molecule has 1 heterocycles. The Morgan fingerprint density at radius 1 is 1.44 bits per heavy atom. The number of anilines is 1. The molecule has 1 aromatic carbocycles. The van der Waals surface area contributed by atoms with E-state index in [4.69, 9.17) is 0 Å². The molecule has 0 aliphatic rings. The molecule has 0 bridgehead atoms. The Bertz CT molecular complexity index is 573. The highest BCUT2D eigenvalue weighted by Gasteiger charge is 2.22. The first-order valence-electron chi connectivity index (χ1n) is 4.70. The Balaban J connectivity index is 2.28. The van der Waals surface area contributed by atoms with Gasteiger partial charge >= 0.3 is 5.69 Å². The lowest BCUT2D eigenvalue weighted by Crippen LogP contribution is -2.06. The van der Waals surface area contributed by atoms with Crippen LogP contribution in [0, 0.1) is 21.7 Å². The fourth-order valence-electron chi connectivity index (χ4n) is 1.33. The molecule has 9 heteroatoms. The molecule has 0 fully saturated rings. The molecule has 0 amide bonds. The first kappa shape index (κ1) is 11.9. The Morgan fingerprint density at radius 3 is 2.83 bits per heavy atom. The quantitative estimate of drug-likeness (QED) is 0.662. The SMILES string of the molecule is O=[N+]([O-])c1c(F)cc(F)cc1NCc1ncon1. The molecule has 0 radical (unpaired) electrons. The van der Waals surface area contributed by atoms with Crippen LogP contribution < -0.4 is 5.32 Å². The van der Waals surface area contributed by atoms with Gasteiger partial charge in [0.15, 0.2) is 5.82 Å². The zero-order valence-corrected chi connectivity index (χ0v) is 8.76. The lowest BCUT2D eigenvalue weighted by Gasteiger charge is -2.05. The number of benzene rings is 1. The van der Waals surface area contributed by atoms with Gasteiger partial charge in [-0.25, -0.2) is 4.39 Å². The molecule has 94 valence electrons. The van der Waals surface area contributed by atoms with Gasteiger partial charge in [0.1, 0.15) is 11.5 Å². The molecule has 2 rings (SSSR count). The summed E-state index contributed by atoms with van der Waals surface area (Å²) in [5, 5.41) is 16.6. The monoisotopic (exact) mass is 256 g/mol. The van der Waals surface area contributed by atoms with Gasteiger partial charge in [0, 0.05) is 12.1 Å². The fourth-order valence-corrected chi connectivity index (χ4v) is 1.33. The summed E-state index contributed by atoms with van der Waals surface area (Å²) in [4.78, 5) is 13.4. The van der Waals surface area contributed by atoms with Crippen LogP contribution in [0.4, 0.5) is 20.2 Å². The van der Waals surface area contributed by atoms with Crippen molar-refractivity contribution in [2.24, 2.45) is 0 Å². The average Bonchev–Trinajstić information content (AvgIpc) is 2.77. The number of rotatable bonds is 4. The van der Waals surface area contributed by atoms with Gasteiger partial charge < -0.3 is 9.84 Å². The maximum atomic E-state index is 13.3. The van der Waals surface area contributed by atoms with E-state index in [1.165, 1.54) is 0 Å². The zero-order valence-electron chi connectivity index (χ0n) is 8.76. The van der Waals surface area contributed by atoms with Crippen LogP contribution in [-0.4, -0.2) is 15.1 Å². The molecule has 2 aromatic rings. The largest absolute Gasteiger partial charge is 0.372 e. The lowest BCUT2D eigenvalue weighted by atomic mass is 10.2. The normalized spacial score (nSPS) is 10.3. The van der Waals surface area contributed by atoms with Crippen molar-refractivity contribution < 1.29 is 18.2 Å². The van der Waals surface area contributed by atoms with Crippen LogP contribution >= 0.6 is 0 Å². The molecule has 0 saturated heterocycles. The van der Waals surface area contributed by atoms with Gasteiger partial charge in [-0.15, -0.1) is 0 Å². The van der Waals surface area contributed by atoms with Crippen LogP contribution in [-0.2, 0) is 6.54 Å². The van der Waals surface area contributed by atoms with Crippen LogP contribution in [0.2, 0.25) is 0 Å². The van der Waals surface area contributed by atoms with Gasteiger partial charge in [0.05, 0.1) is 11.5 Å². The molecule has 0 atom stereocenters. The van der Waals surface area contributed by atoms with Gasteiger partial charge in [0.2, 0.25) is 12.2 Å². The summed E-state index contributed by atoms with van der Waals surface area (Å²) in [6.45, 7) is -0.0553. The molecule has 0 saturated carbocycles. The van der Waals surface area contributed by atoms with E-state index in [2.05, 4.69) is 20.0 Å². The van der Waals surface area contributed by atoms with E-state index in [1.54, 1.807) is 0 Å². The van der Waals surface area contributed by atoms with Crippen molar-refractivity contribution in [1.29, 1.82) is 0 Å². The minimum Gasteiger partial charge on any atom is -0.372 e. The summed E-state index contributed by atoms with van der Waals surface area (Å²) in [5.41, 5.74) is -1.12. The van der Waals surface area contributed by atoms with Crippen LogP contribution in [0.3, 0.4) is 0 Å². The van der Waals surface area contributed by atoms with Crippen LogP contribution in [0.1, 0.15) is 5.82 Å². The predicted molar refractivity (Wildman–Crippen MR) is 54.6 cm³/mol. The molecule has 0 spiro atoms. The molecule has 1 N–H and O–H groups in total. The standard InChI is InChI=1S/C9H6F2N4O3/c10-5-1-6(11)9(15(16)17)7(2-5)12-3-8-13-4-18-14-8/h1-2,4,12H,3H2. The zero-order chi connectivity index (χ0) is 13.1. The third kappa shape index (κ3) is 2.39. The average molecular weight is 256 g/mol. The van der Waals surface area contributed by atoms with Gasteiger partial charge in [0.25, 0.3) is 0 Å². The van der Waals surface area contributed by atoms with Crippen LogP contribution in [0.15, 0.2) is 23.0 Å². The molecular weight excluding hydrogens is 250 g/mol. The van der Waals surface area contributed by atoms with Crippen molar-refractivity contribution in [3.8, 4) is 0 Å². The molecule has 7 nitrogen and oxygen atoms in total. The van der Waals surface area contributed by atoms with Gasteiger partial charge in [-0.05, 0) is 0 Å². The minimum atomic E-state index is -1.25. The van der Waals surface area contributed by atoms with Gasteiger partial charge in [-0.1, -0.05) is 5.16 Å².